The lowest BCUT2D eigenvalue weighted by Crippen LogP contribution is -2.44. The summed E-state index contributed by atoms with van der Waals surface area (Å²) in [6.45, 7) is 8.02. The highest BCUT2D eigenvalue weighted by molar-refractivity contribution is 9.10. The van der Waals surface area contributed by atoms with Gasteiger partial charge >= 0.3 is 6.09 Å². The highest BCUT2D eigenvalue weighted by Gasteiger charge is 2.27. The number of anilines is 1. The molecule has 1 saturated heterocycles. The van der Waals surface area contributed by atoms with Gasteiger partial charge in [-0.05, 0) is 67.6 Å². The van der Waals surface area contributed by atoms with Crippen LogP contribution in [0.4, 0.5) is 10.6 Å². The molecule has 1 aliphatic rings. The van der Waals surface area contributed by atoms with Crippen molar-refractivity contribution in [2.24, 2.45) is 5.92 Å². The summed E-state index contributed by atoms with van der Waals surface area (Å²) < 4.78 is 6.42. The molecular formula is C16H24BrN3O2. The molecule has 1 N–H and O–H groups in total. The Hall–Kier alpha value is -1.30. The van der Waals surface area contributed by atoms with E-state index in [1.54, 1.807) is 6.20 Å². The van der Waals surface area contributed by atoms with E-state index in [4.69, 9.17) is 4.74 Å². The second-order valence-electron chi connectivity index (χ2n) is 6.68. The molecule has 0 saturated carbocycles. The van der Waals surface area contributed by atoms with Crippen LogP contribution in [0.2, 0.25) is 0 Å². The molecule has 0 spiro atoms. The van der Waals surface area contributed by atoms with Crippen molar-refractivity contribution in [2.75, 3.05) is 25.0 Å². The van der Waals surface area contributed by atoms with E-state index in [1.165, 1.54) is 0 Å². The Morgan fingerprint density at radius 3 is 2.91 bits per heavy atom. The monoisotopic (exact) mass is 369 g/mol. The van der Waals surface area contributed by atoms with Gasteiger partial charge < -0.3 is 15.0 Å². The van der Waals surface area contributed by atoms with Gasteiger partial charge in [-0.3, -0.25) is 0 Å². The third kappa shape index (κ3) is 5.48. The molecule has 1 aromatic rings. The summed E-state index contributed by atoms with van der Waals surface area (Å²) in [6.07, 6.45) is 3.69. The number of nitrogens with one attached hydrogen (secondary N) is 1. The first kappa shape index (κ1) is 17.1. The summed E-state index contributed by atoms with van der Waals surface area (Å²) in [5, 5.41) is 3.34. The van der Waals surface area contributed by atoms with Gasteiger partial charge in [0.25, 0.3) is 0 Å². The number of pyridine rings is 1. The van der Waals surface area contributed by atoms with Crippen LogP contribution < -0.4 is 5.32 Å². The standard InChI is InChI=1S/C16H24BrN3O2/c1-16(2,3)22-15(21)20-8-4-5-12(11-20)9-18-14-7-6-13(17)10-19-14/h6-7,10,12H,4-5,8-9,11H2,1-3H3,(H,18,19). The van der Waals surface area contributed by atoms with E-state index in [-0.39, 0.29) is 6.09 Å². The molecule has 0 bridgehead atoms. The van der Waals surface area contributed by atoms with Crippen LogP contribution in [0.1, 0.15) is 33.6 Å². The Bertz CT molecular complexity index is 499. The lowest BCUT2D eigenvalue weighted by atomic mass is 9.98. The normalized spacial score (nSPS) is 18.9. The third-order valence-corrected chi connectivity index (χ3v) is 3.94. The lowest BCUT2D eigenvalue weighted by Gasteiger charge is -2.34. The number of halogens is 1. The van der Waals surface area contributed by atoms with Crippen molar-refractivity contribution in [3.05, 3.63) is 22.8 Å². The van der Waals surface area contributed by atoms with E-state index < -0.39 is 5.60 Å². The number of likely N-dealkylation sites (tertiary alicyclic amines) is 1. The number of carbonyl (C=O) groups excluding carboxylic acids is 1. The van der Waals surface area contributed by atoms with Gasteiger partial charge in [-0.15, -0.1) is 0 Å². The Morgan fingerprint density at radius 1 is 1.50 bits per heavy atom. The van der Waals surface area contributed by atoms with E-state index in [1.807, 2.05) is 37.8 Å². The average molecular weight is 370 g/mol. The van der Waals surface area contributed by atoms with Gasteiger partial charge in [-0.25, -0.2) is 9.78 Å². The molecule has 0 aromatic carbocycles. The molecule has 1 amide bonds. The van der Waals surface area contributed by atoms with Gasteiger partial charge in [0.1, 0.15) is 11.4 Å². The summed E-state index contributed by atoms with van der Waals surface area (Å²) in [7, 11) is 0. The lowest BCUT2D eigenvalue weighted by molar-refractivity contribution is 0.0172. The fourth-order valence-corrected chi connectivity index (χ4v) is 2.69. The van der Waals surface area contributed by atoms with Gasteiger partial charge in [0, 0.05) is 30.3 Å². The largest absolute Gasteiger partial charge is 0.444 e. The zero-order valence-corrected chi connectivity index (χ0v) is 15.0. The van der Waals surface area contributed by atoms with Crippen LogP contribution in [0.25, 0.3) is 0 Å². The van der Waals surface area contributed by atoms with Crippen LogP contribution in [0.3, 0.4) is 0 Å². The first-order valence-corrected chi connectivity index (χ1v) is 8.46. The molecule has 22 heavy (non-hydrogen) atoms. The Labute approximate surface area is 140 Å². The Balaban J connectivity index is 1.82. The molecule has 1 fully saturated rings. The average Bonchev–Trinajstić information content (AvgIpc) is 2.45. The minimum Gasteiger partial charge on any atom is -0.444 e. The Morgan fingerprint density at radius 2 is 2.27 bits per heavy atom. The van der Waals surface area contributed by atoms with Crippen molar-refractivity contribution in [2.45, 2.75) is 39.2 Å². The smallest absolute Gasteiger partial charge is 0.410 e. The minimum absolute atomic E-state index is 0.209. The van der Waals surface area contributed by atoms with E-state index >= 15 is 0 Å². The number of hydrogen-bond acceptors (Lipinski definition) is 4. The zero-order valence-electron chi connectivity index (χ0n) is 13.4. The first-order valence-electron chi connectivity index (χ1n) is 7.67. The topological polar surface area (TPSA) is 54.5 Å². The number of hydrogen-bond donors (Lipinski definition) is 1. The number of amides is 1. The predicted molar refractivity (Wildman–Crippen MR) is 91.0 cm³/mol. The number of ether oxygens (including phenoxy) is 1. The van der Waals surface area contributed by atoms with Crippen molar-refractivity contribution >= 4 is 27.8 Å². The highest BCUT2D eigenvalue weighted by Crippen LogP contribution is 2.20. The van der Waals surface area contributed by atoms with Crippen molar-refractivity contribution in [3.8, 4) is 0 Å². The second kappa shape index (κ2) is 7.31. The van der Waals surface area contributed by atoms with Crippen LogP contribution in [-0.2, 0) is 4.74 Å². The molecule has 122 valence electrons. The molecule has 2 heterocycles. The molecule has 1 aromatic heterocycles. The summed E-state index contributed by atoms with van der Waals surface area (Å²) in [5.41, 5.74) is -0.441. The zero-order chi connectivity index (χ0) is 16.2. The summed E-state index contributed by atoms with van der Waals surface area (Å²) >= 11 is 3.37. The second-order valence-corrected chi connectivity index (χ2v) is 7.59. The molecule has 1 atom stereocenters. The number of piperidine rings is 1. The Kier molecular flexibility index (Phi) is 5.67. The maximum absolute atomic E-state index is 12.1. The molecule has 1 unspecified atom stereocenters. The van der Waals surface area contributed by atoms with E-state index in [0.717, 1.165) is 42.8 Å². The van der Waals surface area contributed by atoms with Crippen LogP contribution in [0.5, 0.6) is 0 Å². The first-order chi connectivity index (χ1) is 10.3. The van der Waals surface area contributed by atoms with Crippen molar-refractivity contribution in [1.82, 2.24) is 9.88 Å². The summed E-state index contributed by atoms with van der Waals surface area (Å²) in [5.74, 6) is 1.28. The predicted octanol–water partition coefficient (Wildman–Crippen LogP) is 3.90. The van der Waals surface area contributed by atoms with Crippen LogP contribution in [0, 0.1) is 5.92 Å². The molecule has 0 aliphatic carbocycles. The van der Waals surface area contributed by atoms with E-state index in [0.29, 0.717) is 5.92 Å². The van der Waals surface area contributed by atoms with Gasteiger partial charge in [-0.1, -0.05) is 0 Å². The van der Waals surface area contributed by atoms with Gasteiger partial charge in [0.15, 0.2) is 0 Å². The van der Waals surface area contributed by atoms with Crippen molar-refractivity contribution in [1.29, 1.82) is 0 Å². The number of carbonyl (C=O) groups is 1. The SMILES string of the molecule is CC(C)(C)OC(=O)N1CCCC(CNc2ccc(Br)cn2)C1. The molecule has 5 nitrogen and oxygen atoms in total. The van der Waals surface area contributed by atoms with Crippen molar-refractivity contribution in [3.63, 3.8) is 0 Å². The highest BCUT2D eigenvalue weighted by atomic mass is 79.9. The number of nitrogens with zero attached hydrogens (tertiary/aromatic N) is 2. The molecular weight excluding hydrogens is 346 g/mol. The molecule has 6 heteroatoms. The maximum Gasteiger partial charge on any atom is 0.410 e. The fourth-order valence-electron chi connectivity index (χ4n) is 2.45. The van der Waals surface area contributed by atoms with Crippen LogP contribution in [0.15, 0.2) is 22.8 Å². The van der Waals surface area contributed by atoms with Gasteiger partial charge in [0.2, 0.25) is 0 Å². The van der Waals surface area contributed by atoms with Crippen LogP contribution in [-0.4, -0.2) is 41.2 Å². The van der Waals surface area contributed by atoms with Gasteiger partial charge in [0.05, 0.1) is 0 Å². The molecule has 2 rings (SSSR count). The third-order valence-electron chi connectivity index (χ3n) is 3.47. The maximum atomic E-state index is 12.1. The quantitative estimate of drug-likeness (QED) is 0.877. The van der Waals surface area contributed by atoms with Crippen molar-refractivity contribution < 1.29 is 9.53 Å². The van der Waals surface area contributed by atoms with E-state index in [9.17, 15) is 4.79 Å². The van der Waals surface area contributed by atoms with Gasteiger partial charge in [-0.2, -0.15) is 0 Å². The summed E-state index contributed by atoms with van der Waals surface area (Å²) in [6, 6.07) is 3.90. The van der Waals surface area contributed by atoms with Crippen LogP contribution >= 0.6 is 15.9 Å². The van der Waals surface area contributed by atoms with E-state index in [2.05, 4.69) is 26.2 Å². The molecule has 1 aliphatic heterocycles. The molecule has 0 radical (unpaired) electrons. The summed E-state index contributed by atoms with van der Waals surface area (Å²) in [4.78, 5) is 18.3. The number of aromatic nitrogens is 1. The minimum atomic E-state index is -0.441. The fraction of sp³-hybridized carbons (Fsp3) is 0.625. The number of rotatable bonds is 3.